The summed E-state index contributed by atoms with van der Waals surface area (Å²) in [6, 6.07) is 5.43. The highest BCUT2D eigenvalue weighted by molar-refractivity contribution is 7.10. The quantitative estimate of drug-likeness (QED) is 0.324. The first-order valence-electron chi connectivity index (χ1n) is 12.0. The first-order valence-corrected chi connectivity index (χ1v) is 12.9. The lowest BCUT2D eigenvalue weighted by Gasteiger charge is -2.47. The van der Waals surface area contributed by atoms with E-state index >= 15 is 0 Å². The smallest absolute Gasteiger partial charge is 0.328 e. The van der Waals surface area contributed by atoms with Crippen molar-refractivity contribution < 1.29 is 19.1 Å². The van der Waals surface area contributed by atoms with Crippen LogP contribution in [0.15, 0.2) is 36.0 Å². The summed E-state index contributed by atoms with van der Waals surface area (Å²) in [7, 11) is 0. The molecular formula is C26H33N3O4S. The fraction of sp³-hybridized carbons (Fsp3) is 0.538. The molecule has 7 nitrogen and oxygen atoms in total. The van der Waals surface area contributed by atoms with Gasteiger partial charge in [-0.05, 0) is 60.7 Å². The molecule has 2 aliphatic rings. The van der Waals surface area contributed by atoms with E-state index < -0.39 is 29.1 Å². The maximum absolute atomic E-state index is 13.3. The number of carbonyl (C=O) groups is 3. The number of rotatable bonds is 8. The van der Waals surface area contributed by atoms with E-state index in [1.165, 1.54) is 15.3 Å². The van der Waals surface area contributed by atoms with Crippen LogP contribution in [-0.2, 0) is 38.5 Å². The normalized spacial score (nSPS) is 20.4. The molecule has 2 unspecified atom stereocenters. The van der Waals surface area contributed by atoms with Gasteiger partial charge in [-0.3, -0.25) is 19.5 Å². The van der Waals surface area contributed by atoms with E-state index in [-0.39, 0.29) is 19.3 Å². The van der Waals surface area contributed by atoms with Crippen LogP contribution in [0.1, 0.15) is 56.0 Å². The number of aromatic nitrogens is 1. The molecule has 0 spiro atoms. The van der Waals surface area contributed by atoms with Crippen molar-refractivity contribution in [3.8, 4) is 0 Å². The molecule has 0 radical (unpaired) electrons. The molecule has 4 rings (SSSR count). The third-order valence-electron chi connectivity index (χ3n) is 7.16. The minimum Gasteiger partial charge on any atom is -0.464 e. The van der Waals surface area contributed by atoms with Crippen LogP contribution in [-0.4, -0.2) is 57.8 Å². The summed E-state index contributed by atoms with van der Waals surface area (Å²) >= 11 is 1.72. The van der Waals surface area contributed by atoms with Crippen molar-refractivity contribution in [2.75, 3.05) is 13.3 Å². The van der Waals surface area contributed by atoms with Crippen molar-refractivity contribution in [3.63, 3.8) is 0 Å². The lowest BCUT2D eigenvalue weighted by atomic mass is 9.84. The summed E-state index contributed by atoms with van der Waals surface area (Å²) < 4.78 is 5.63. The highest BCUT2D eigenvalue weighted by atomic mass is 32.1. The molecule has 2 aliphatic heterocycles. The largest absolute Gasteiger partial charge is 0.464 e. The summed E-state index contributed by atoms with van der Waals surface area (Å²) in [5.41, 5.74) is 1.64. The first kappa shape index (κ1) is 24.5. The number of Topliss-reactive ketones (excluding diaryl/α,β-unsaturated/α-hetero) is 1. The highest BCUT2D eigenvalue weighted by Crippen LogP contribution is 2.34. The van der Waals surface area contributed by atoms with Gasteiger partial charge >= 0.3 is 5.97 Å². The van der Waals surface area contributed by atoms with Crippen molar-refractivity contribution in [2.24, 2.45) is 5.41 Å². The number of hydrogen-bond donors (Lipinski definition) is 0. The molecule has 1 amide bonds. The number of thiophene rings is 1. The molecule has 0 N–H and O–H groups in total. The summed E-state index contributed by atoms with van der Waals surface area (Å²) in [6.07, 6.45) is 6.85. The minimum absolute atomic E-state index is 0.147. The number of fused-ring (bicyclic) bond motifs is 2. The predicted octanol–water partition coefficient (Wildman–Crippen LogP) is 3.61. The molecule has 0 aliphatic carbocycles. The third-order valence-corrected chi connectivity index (χ3v) is 8.11. The Labute approximate surface area is 205 Å². The van der Waals surface area contributed by atoms with Gasteiger partial charge in [0, 0.05) is 35.3 Å². The Morgan fingerprint density at radius 3 is 2.82 bits per heavy atom. The molecule has 2 atom stereocenters. The molecule has 0 saturated carbocycles. The van der Waals surface area contributed by atoms with Gasteiger partial charge in [-0.1, -0.05) is 26.8 Å². The molecule has 0 bridgehead atoms. The van der Waals surface area contributed by atoms with E-state index in [1.54, 1.807) is 37.6 Å². The molecule has 2 aromatic heterocycles. The van der Waals surface area contributed by atoms with Crippen molar-refractivity contribution in [2.45, 2.75) is 71.5 Å². The molecular weight excluding hydrogens is 450 g/mol. The zero-order chi connectivity index (χ0) is 24.3. The van der Waals surface area contributed by atoms with Gasteiger partial charge in [-0.15, -0.1) is 11.3 Å². The Kier molecular flexibility index (Phi) is 7.48. The number of aryl methyl sites for hydroxylation is 1. The molecule has 1 fully saturated rings. The Hall–Kier alpha value is -2.58. The molecule has 2 aromatic rings. The lowest BCUT2D eigenvalue weighted by molar-refractivity contribution is -0.167. The van der Waals surface area contributed by atoms with Gasteiger partial charge in [-0.25, -0.2) is 4.79 Å². The fourth-order valence-corrected chi connectivity index (χ4v) is 5.50. The zero-order valence-electron chi connectivity index (χ0n) is 20.2. The summed E-state index contributed by atoms with van der Waals surface area (Å²) in [6.45, 7) is 6.73. The van der Waals surface area contributed by atoms with Crippen molar-refractivity contribution in [1.29, 1.82) is 0 Å². The highest BCUT2D eigenvalue weighted by Gasteiger charge is 2.46. The Bertz CT molecular complexity index is 1040. The van der Waals surface area contributed by atoms with Crippen molar-refractivity contribution >= 4 is 29.0 Å². The van der Waals surface area contributed by atoms with Crippen LogP contribution in [0.25, 0.3) is 0 Å². The number of ether oxygens (including phenoxy) is 1. The molecule has 0 aromatic carbocycles. The second-order valence-corrected chi connectivity index (χ2v) is 10.8. The fourth-order valence-electron chi connectivity index (χ4n) is 4.56. The topological polar surface area (TPSA) is 79.8 Å². The summed E-state index contributed by atoms with van der Waals surface area (Å²) in [4.78, 5) is 48.6. The van der Waals surface area contributed by atoms with E-state index in [0.29, 0.717) is 19.3 Å². The number of esters is 1. The third kappa shape index (κ3) is 5.23. The van der Waals surface area contributed by atoms with Gasteiger partial charge in [0.05, 0.1) is 13.3 Å². The van der Waals surface area contributed by atoms with Crippen LogP contribution in [0.5, 0.6) is 0 Å². The number of nitrogens with zero attached hydrogens (tertiary/aromatic N) is 3. The zero-order valence-corrected chi connectivity index (χ0v) is 21.0. The molecule has 4 heterocycles. The molecule has 182 valence electrons. The average molecular weight is 484 g/mol. The molecule has 8 heteroatoms. The van der Waals surface area contributed by atoms with E-state index in [4.69, 9.17) is 4.74 Å². The van der Waals surface area contributed by atoms with Crippen LogP contribution in [0, 0.1) is 5.41 Å². The summed E-state index contributed by atoms with van der Waals surface area (Å²) in [5.74, 6) is -1.45. The second kappa shape index (κ2) is 10.4. The van der Waals surface area contributed by atoms with Crippen LogP contribution in [0.3, 0.4) is 0 Å². The average Bonchev–Trinajstić information content (AvgIpc) is 3.31. The van der Waals surface area contributed by atoms with Gasteiger partial charge in [0.25, 0.3) is 5.91 Å². The van der Waals surface area contributed by atoms with Gasteiger partial charge in [0.15, 0.2) is 0 Å². The van der Waals surface area contributed by atoms with E-state index in [2.05, 4.69) is 21.3 Å². The van der Waals surface area contributed by atoms with Gasteiger partial charge < -0.3 is 9.64 Å². The number of hydrogen-bond acceptors (Lipinski definition) is 7. The number of amides is 1. The van der Waals surface area contributed by atoms with E-state index in [0.717, 1.165) is 24.9 Å². The molecule has 34 heavy (non-hydrogen) atoms. The van der Waals surface area contributed by atoms with Crippen LogP contribution >= 0.6 is 11.3 Å². The maximum atomic E-state index is 13.3. The van der Waals surface area contributed by atoms with Crippen LogP contribution in [0.4, 0.5) is 0 Å². The van der Waals surface area contributed by atoms with Crippen LogP contribution < -0.4 is 0 Å². The monoisotopic (exact) mass is 483 g/mol. The minimum atomic E-state index is -0.769. The Morgan fingerprint density at radius 2 is 2.09 bits per heavy atom. The lowest BCUT2D eigenvalue weighted by Crippen LogP contribution is -2.62. The first-order chi connectivity index (χ1) is 16.3. The number of ketones is 1. The van der Waals surface area contributed by atoms with E-state index in [9.17, 15) is 14.4 Å². The number of pyridine rings is 1. The maximum Gasteiger partial charge on any atom is 0.328 e. The molecule has 1 saturated heterocycles. The SMILES string of the molecule is CCC(C)(C)C(=O)C(=O)N1CN2Cc3sccc3CC2CC1C(=O)OCCCc1cccnc1. The number of carbonyl (C=O) groups excluding carboxylic acids is 3. The van der Waals surface area contributed by atoms with Gasteiger partial charge in [-0.2, -0.15) is 0 Å². The second-order valence-electron chi connectivity index (χ2n) is 9.84. The van der Waals surface area contributed by atoms with E-state index in [1.807, 2.05) is 19.1 Å². The standard InChI is InChI=1S/C26H33N3O4S/c1-4-26(2,3)23(30)24(31)29-17-28-16-22-19(9-12-34-22)13-20(28)14-21(29)25(32)33-11-6-8-18-7-5-10-27-15-18/h5,7,9-10,12,15,20-21H,4,6,8,11,13-14,16-17H2,1-3H3. The predicted molar refractivity (Wildman–Crippen MR) is 130 cm³/mol. The Morgan fingerprint density at radius 1 is 1.26 bits per heavy atom. The summed E-state index contributed by atoms with van der Waals surface area (Å²) in [5, 5.41) is 2.09. The van der Waals surface area contributed by atoms with Crippen molar-refractivity contribution in [3.05, 3.63) is 52.0 Å². The van der Waals surface area contributed by atoms with Gasteiger partial charge in [0.2, 0.25) is 5.78 Å². The van der Waals surface area contributed by atoms with Crippen LogP contribution in [0.2, 0.25) is 0 Å². The van der Waals surface area contributed by atoms with Gasteiger partial charge in [0.1, 0.15) is 6.04 Å². The Balaban J connectivity index is 1.46. The van der Waals surface area contributed by atoms with Crippen molar-refractivity contribution in [1.82, 2.24) is 14.8 Å².